The van der Waals surface area contributed by atoms with Gasteiger partial charge in [-0.05, 0) is 45.6 Å². The van der Waals surface area contributed by atoms with E-state index in [-0.39, 0.29) is 11.7 Å². The first-order valence-electron chi connectivity index (χ1n) is 7.06. The summed E-state index contributed by atoms with van der Waals surface area (Å²) in [6, 6.07) is 3.43. The van der Waals surface area contributed by atoms with Crippen molar-refractivity contribution in [3.63, 3.8) is 0 Å². The monoisotopic (exact) mass is 279 g/mol. The fourth-order valence-electron chi connectivity index (χ4n) is 2.46. The molecule has 6 heteroatoms. The van der Waals surface area contributed by atoms with Gasteiger partial charge in [-0.1, -0.05) is 0 Å². The van der Waals surface area contributed by atoms with Gasteiger partial charge < -0.3 is 10.1 Å². The maximum atomic E-state index is 10.7. The van der Waals surface area contributed by atoms with E-state index in [0.29, 0.717) is 17.6 Å². The smallest absolute Gasteiger partial charge is 0.290 e. The van der Waals surface area contributed by atoms with Crippen LogP contribution in [0.5, 0.6) is 0 Å². The van der Waals surface area contributed by atoms with Crippen molar-refractivity contribution in [1.82, 2.24) is 4.98 Å². The third kappa shape index (κ3) is 3.90. The standard InChI is InChI=1S/C14H21N3O3/c1-10(5-6-12-4-3-9-20-12)15-14-8-7-13(17(18)19)11(2)16-14/h7-8,10,12H,3-6,9H2,1-2H3,(H,15,16). The zero-order valence-electron chi connectivity index (χ0n) is 12.0. The number of hydrogen-bond acceptors (Lipinski definition) is 5. The number of pyridine rings is 1. The molecular formula is C14H21N3O3. The average Bonchev–Trinajstić information content (AvgIpc) is 2.89. The second kappa shape index (κ2) is 6.65. The number of rotatable bonds is 6. The van der Waals surface area contributed by atoms with Crippen molar-refractivity contribution in [1.29, 1.82) is 0 Å². The number of ether oxygens (including phenoxy) is 1. The quantitative estimate of drug-likeness (QED) is 0.639. The van der Waals surface area contributed by atoms with Crippen molar-refractivity contribution in [2.75, 3.05) is 11.9 Å². The second-order valence-corrected chi connectivity index (χ2v) is 5.32. The highest BCUT2D eigenvalue weighted by molar-refractivity contribution is 5.45. The number of aryl methyl sites for hydroxylation is 1. The van der Waals surface area contributed by atoms with Crippen LogP contribution in [-0.4, -0.2) is 28.7 Å². The first-order valence-corrected chi connectivity index (χ1v) is 7.06. The second-order valence-electron chi connectivity index (χ2n) is 5.32. The molecule has 1 aliphatic rings. The maximum Gasteiger partial charge on any atom is 0.290 e. The molecule has 1 aromatic heterocycles. The molecule has 1 fully saturated rings. The van der Waals surface area contributed by atoms with Crippen LogP contribution in [0.25, 0.3) is 0 Å². The Hall–Kier alpha value is -1.69. The molecule has 2 atom stereocenters. The van der Waals surface area contributed by atoms with E-state index in [1.54, 1.807) is 13.0 Å². The van der Waals surface area contributed by atoms with Crippen molar-refractivity contribution < 1.29 is 9.66 Å². The average molecular weight is 279 g/mol. The molecule has 20 heavy (non-hydrogen) atoms. The highest BCUT2D eigenvalue weighted by Crippen LogP contribution is 2.21. The number of aromatic nitrogens is 1. The summed E-state index contributed by atoms with van der Waals surface area (Å²) in [6.07, 6.45) is 4.76. The Morgan fingerprint density at radius 2 is 2.40 bits per heavy atom. The normalized spacial score (nSPS) is 19.8. The first kappa shape index (κ1) is 14.7. The van der Waals surface area contributed by atoms with Crippen molar-refractivity contribution in [2.45, 2.75) is 51.7 Å². The number of nitrogens with zero attached hydrogens (tertiary/aromatic N) is 2. The van der Waals surface area contributed by atoms with Crippen molar-refractivity contribution in [3.05, 3.63) is 27.9 Å². The Morgan fingerprint density at radius 3 is 3.00 bits per heavy atom. The summed E-state index contributed by atoms with van der Waals surface area (Å²) in [5.41, 5.74) is 0.494. The fourth-order valence-corrected chi connectivity index (χ4v) is 2.46. The van der Waals surface area contributed by atoms with Gasteiger partial charge >= 0.3 is 0 Å². The molecule has 0 saturated carbocycles. The summed E-state index contributed by atoms with van der Waals surface area (Å²) < 4.78 is 5.60. The molecule has 0 bridgehead atoms. The van der Waals surface area contributed by atoms with Gasteiger partial charge in [-0.3, -0.25) is 10.1 Å². The molecule has 110 valence electrons. The molecule has 2 rings (SSSR count). The minimum absolute atomic E-state index is 0.0579. The van der Waals surface area contributed by atoms with Gasteiger partial charge in [-0.15, -0.1) is 0 Å². The van der Waals surface area contributed by atoms with Crippen molar-refractivity contribution in [2.24, 2.45) is 0 Å². The molecule has 6 nitrogen and oxygen atoms in total. The summed E-state index contributed by atoms with van der Waals surface area (Å²) in [6.45, 7) is 4.63. The van der Waals surface area contributed by atoms with E-state index in [0.717, 1.165) is 32.3 Å². The summed E-state index contributed by atoms with van der Waals surface area (Å²) in [5, 5.41) is 14.0. The molecule has 1 aliphatic heterocycles. The van der Waals surface area contributed by atoms with Crippen LogP contribution in [0.1, 0.15) is 38.3 Å². The Labute approximate surface area is 118 Å². The lowest BCUT2D eigenvalue weighted by Gasteiger charge is -2.17. The van der Waals surface area contributed by atoms with Crippen LogP contribution in [-0.2, 0) is 4.74 Å². The minimum atomic E-state index is -0.410. The van der Waals surface area contributed by atoms with E-state index in [4.69, 9.17) is 4.74 Å². The van der Waals surface area contributed by atoms with Crippen LogP contribution in [0.4, 0.5) is 11.5 Å². The number of nitrogens with one attached hydrogen (secondary N) is 1. The van der Waals surface area contributed by atoms with E-state index < -0.39 is 4.92 Å². The lowest BCUT2D eigenvalue weighted by molar-refractivity contribution is -0.385. The Morgan fingerprint density at radius 1 is 1.60 bits per heavy atom. The molecule has 0 spiro atoms. The highest BCUT2D eigenvalue weighted by atomic mass is 16.6. The molecule has 0 amide bonds. The van der Waals surface area contributed by atoms with Crippen LogP contribution in [0, 0.1) is 17.0 Å². The van der Waals surface area contributed by atoms with E-state index in [1.165, 1.54) is 6.07 Å². The Bertz CT molecular complexity index is 473. The summed E-state index contributed by atoms with van der Waals surface area (Å²) in [5.74, 6) is 0.688. The molecule has 2 unspecified atom stereocenters. The van der Waals surface area contributed by atoms with Crippen LogP contribution >= 0.6 is 0 Å². The van der Waals surface area contributed by atoms with Gasteiger partial charge in [-0.25, -0.2) is 4.98 Å². The molecule has 1 saturated heterocycles. The Kier molecular flexibility index (Phi) is 4.89. The first-order chi connectivity index (χ1) is 9.56. The lowest BCUT2D eigenvalue weighted by atomic mass is 10.1. The third-order valence-electron chi connectivity index (χ3n) is 3.59. The van der Waals surface area contributed by atoms with E-state index in [9.17, 15) is 10.1 Å². The molecule has 0 aliphatic carbocycles. The third-order valence-corrected chi connectivity index (χ3v) is 3.59. The predicted molar refractivity (Wildman–Crippen MR) is 76.9 cm³/mol. The van der Waals surface area contributed by atoms with E-state index >= 15 is 0 Å². The molecule has 0 radical (unpaired) electrons. The lowest BCUT2D eigenvalue weighted by Crippen LogP contribution is -2.19. The largest absolute Gasteiger partial charge is 0.378 e. The Balaban J connectivity index is 1.85. The molecular weight excluding hydrogens is 258 g/mol. The van der Waals surface area contributed by atoms with Crippen LogP contribution in [0.15, 0.2) is 12.1 Å². The molecule has 2 heterocycles. The minimum Gasteiger partial charge on any atom is -0.378 e. The van der Waals surface area contributed by atoms with Crippen LogP contribution in [0.3, 0.4) is 0 Å². The summed E-state index contributed by atoms with van der Waals surface area (Å²) in [4.78, 5) is 14.6. The van der Waals surface area contributed by atoms with Gasteiger partial charge in [0.05, 0.1) is 11.0 Å². The summed E-state index contributed by atoms with van der Waals surface area (Å²) in [7, 11) is 0. The molecule has 1 N–H and O–H groups in total. The van der Waals surface area contributed by atoms with Gasteiger partial charge in [0.1, 0.15) is 11.5 Å². The summed E-state index contributed by atoms with van der Waals surface area (Å²) >= 11 is 0. The zero-order chi connectivity index (χ0) is 14.5. The van der Waals surface area contributed by atoms with Gasteiger partial charge in [0, 0.05) is 18.7 Å². The van der Waals surface area contributed by atoms with Gasteiger partial charge in [0.25, 0.3) is 5.69 Å². The number of anilines is 1. The fraction of sp³-hybridized carbons (Fsp3) is 0.643. The van der Waals surface area contributed by atoms with Gasteiger partial charge in [0.15, 0.2) is 0 Å². The molecule has 0 aromatic carbocycles. The van der Waals surface area contributed by atoms with Crippen LogP contribution < -0.4 is 5.32 Å². The zero-order valence-corrected chi connectivity index (χ0v) is 12.0. The number of nitro groups is 1. The van der Waals surface area contributed by atoms with Crippen molar-refractivity contribution in [3.8, 4) is 0 Å². The molecule has 1 aromatic rings. The predicted octanol–water partition coefficient (Wildman–Crippen LogP) is 3.06. The van der Waals surface area contributed by atoms with Crippen molar-refractivity contribution >= 4 is 11.5 Å². The topological polar surface area (TPSA) is 77.3 Å². The number of hydrogen-bond donors (Lipinski definition) is 1. The highest BCUT2D eigenvalue weighted by Gasteiger charge is 2.17. The van der Waals surface area contributed by atoms with Gasteiger partial charge in [0.2, 0.25) is 0 Å². The van der Waals surface area contributed by atoms with Crippen LogP contribution in [0.2, 0.25) is 0 Å². The maximum absolute atomic E-state index is 10.7. The van der Waals surface area contributed by atoms with Gasteiger partial charge in [-0.2, -0.15) is 0 Å². The van der Waals surface area contributed by atoms with E-state index in [2.05, 4.69) is 17.2 Å². The van der Waals surface area contributed by atoms with E-state index in [1.807, 2.05) is 0 Å². The SMILES string of the molecule is Cc1nc(NC(C)CCC2CCCO2)ccc1[N+](=O)[O-].